The maximum Gasteiger partial charge on any atom is 0.337 e. The molecule has 0 spiro atoms. The van der Waals surface area contributed by atoms with Crippen molar-refractivity contribution in [2.24, 2.45) is 0 Å². The molecule has 1 atom stereocenters. The predicted molar refractivity (Wildman–Crippen MR) is 102 cm³/mol. The van der Waals surface area contributed by atoms with Gasteiger partial charge in [0.2, 0.25) is 0 Å². The molecule has 0 saturated carbocycles. The Morgan fingerprint density at radius 2 is 1.96 bits per heavy atom. The van der Waals surface area contributed by atoms with Crippen molar-refractivity contribution in [1.82, 2.24) is 5.32 Å². The van der Waals surface area contributed by atoms with E-state index in [0.29, 0.717) is 33.3 Å². The summed E-state index contributed by atoms with van der Waals surface area (Å²) < 4.78 is 5.45. The molecule has 1 aromatic rings. The number of esters is 1. The molecule has 4 nitrogen and oxygen atoms in total. The van der Waals surface area contributed by atoms with Crippen LogP contribution in [0.4, 0.5) is 0 Å². The number of ether oxygens (including phenoxy) is 1. The van der Waals surface area contributed by atoms with Crippen LogP contribution in [0.25, 0.3) is 0 Å². The van der Waals surface area contributed by atoms with E-state index in [4.69, 9.17) is 27.9 Å². The lowest BCUT2D eigenvalue weighted by Crippen LogP contribution is -2.34. The van der Waals surface area contributed by atoms with Gasteiger partial charge in [-0.1, -0.05) is 29.3 Å². The first-order valence-electron chi connectivity index (χ1n) is 8.69. The van der Waals surface area contributed by atoms with Crippen molar-refractivity contribution in [3.63, 3.8) is 0 Å². The number of halogens is 2. The fraction of sp³-hybridized carbons (Fsp3) is 0.400. The molecule has 0 aromatic heterocycles. The van der Waals surface area contributed by atoms with Gasteiger partial charge in [-0.05, 0) is 51.3 Å². The van der Waals surface area contributed by atoms with Gasteiger partial charge in [-0.25, -0.2) is 4.79 Å². The van der Waals surface area contributed by atoms with E-state index >= 15 is 0 Å². The van der Waals surface area contributed by atoms with Crippen LogP contribution in [0, 0.1) is 0 Å². The molecule has 138 valence electrons. The van der Waals surface area contributed by atoms with Gasteiger partial charge in [0.15, 0.2) is 5.78 Å². The third kappa shape index (κ3) is 3.53. The quantitative estimate of drug-likeness (QED) is 0.740. The summed E-state index contributed by atoms with van der Waals surface area (Å²) in [6.45, 7) is 5.44. The Balaban J connectivity index is 2.16. The minimum Gasteiger partial charge on any atom is -0.460 e. The van der Waals surface area contributed by atoms with Crippen LogP contribution in [-0.2, 0) is 14.3 Å². The molecule has 2 aliphatic rings. The molecule has 1 N–H and O–H groups in total. The monoisotopic (exact) mass is 393 g/mol. The first-order valence-corrected chi connectivity index (χ1v) is 9.45. The Hall–Kier alpha value is -1.78. The molecule has 3 rings (SSSR count). The Morgan fingerprint density at radius 1 is 1.23 bits per heavy atom. The highest BCUT2D eigenvalue weighted by Crippen LogP contribution is 2.43. The molecule has 1 aromatic carbocycles. The van der Waals surface area contributed by atoms with Crippen LogP contribution in [0.1, 0.15) is 51.5 Å². The largest absolute Gasteiger partial charge is 0.460 e. The highest BCUT2D eigenvalue weighted by atomic mass is 35.5. The van der Waals surface area contributed by atoms with E-state index in [0.717, 1.165) is 24.1 Å². The van der Waals surface area contributed by atoms with Gasteiger partial charge in [-0.15, -0.1) is 0 Å². The summed E-state index contributed by atoms with van der Waals surface area (Å²) in [6.07, 6.45) is 1.81. The van der Waals surface area contributed by atoms with Gasteiger partial charge >= 0.3 is 5.97 Å². The highest BCUT2D eigenvalue weighted by molar-refractivity contribution is 6.42. The van der Waals surface area contributed by atoms with Gasteiger partial charge in [0, 0.05) is 29.3 Å². The lowest BCUT2D eigenvalue weighted by molar-refractivity contribution is -0.143. The number of nitrogens with one attached hydrogen (secondary N) is 1. The Kier molecular flexibility index (Phi) is 5.44. The van der Waals surface area contributed by atoms with E-state index in [1.807, 2.05) is 13.0 Å². The van der Waals surface area contributed by atoms with Crippen LogP contribution in [0.2, 0.25) is 10.0 Å². The summed E-state index contributed by atoms with van der Waals surface area (Å²) in [5.74, 6) is -0.872. The first kappa shape index (κ1) is 19.0. The van der Waals surface area contributed by atoms with Gasteiger partial charge in [0.25, 0.3) is 0 Å². The van der Waals surface area contributed by atoms with E-state index in [9.17, 15) is 9.59 Å². The number of rotatable bonds is 3. The predicted octanol–water partition coefficient (Wildman–Crippen LogP) is 4.91. The number of Topliss-reactive ketones (excluding diaryl/α,β-unsaturated/α-hetero) is 1. The third-order valence-electron chi connectivity index (χ3n) is 4.62. The smallest absolute Gasteiger partial charge is 0.337 e. The van der Waals surface area contributed by atoms with Crippen molar-refractivity contribution in [2.75, 3.05) is 0 Å². The number of hydrogen-bond donors (Lipinski definition) is 1. The number of dihydropyridines is 1. The van der Waals surface area contributed by atoms with Crippen LogP contribution in [0.15, 0.2) is 40.7 Å². The second-order valence-electron chi connectivity index (χ2n) is 6.89. The van der Waals surface area contributed by atoms with Crippen molar-refractivity contribution >= 4 is 35.0 Å². The molecule has 1 aliphatic carbocycles. The Morgan fingerprint density at radius 3 is 2.62 bits per heavy atom. The zero-order valence-corrected chi connectivity index (χ0v) is 16.5. The summed E-state index contributed by atoms with van der Waals surface area (Å²) in [5.41, 5.74) is 3.44. The van der Waals surface area contributed by atoms with E-state index in [1.165, 1.54) is 0 Å². The molecule has 0 amide bonds. The number of allylic oxidation sites excluding steroid dienone is 3. The minimum absolute atomic E-state index is 0.0529. The van der Waals surface area contributed by atoms with Crippen LogP contribution >= 0.6 is 23.2 Å². The van der Waals surface area contributed by atoms with Crippen molar-refractivity contribution in [2.45, 2.75) is 52.1 Å². The fourth-order valence-electron chi connectivity index (χ4n) is 3.56. The number of carbonyl (C=O) groups excluding carboxylic acids is 2. The van der Waals surface area contributed by atoms with E-state index in [2.05, 4.69) is 5.32 Å². The van der Waals surface area contributed by atoms with E-state index < -0.39 is 11.9 Å². The van der Waals surface area contributed by atoms with E-state index in [1.54, 1.807) is 26.0 Å². The normalized spacial score (nSPS) is 20.2. The minimum atomic E-state index is -0.500. The summed E-state index contributed by atoms with van der Waals surface area (Å²) >= 11 is 12.3. The van der Waals surface area contributed by atoms with Crippen LogP contribution in [0.3, 0.4) is 0 Å². The average molecular weight is 394 g/mol. The summed E-state index contributed by atoms with van der Waals surface area (Å²) in [5, 5.41) is 4.08. The fourth-order valence-corrected chi connectivity index (χ4v) is 3.86. The molecule has 1 heterocycles. The number of carbonyl (C=O) groups is 2. The first-order chi connectivity index (χ1) is 12.3. The molecule has 0 unspecified atom stereocenters. The second kappa shape index (κ2) is 7.45. The lowest BCUT2D eigenvalue weighted by Gasteiger charge is -2.34. The summed E-state index contributed by atoms with van der Waals surface area (Å²) in [4.78, 5) is 25.6. The van der Waals surface area contributed by atoms with Gasteiger partial charge in [-0.2, -0.15) is 0 Å². The van der Waals surface area contributed by atoms with Gasteiger partial charge in [0.1, 0.15) is 0 Å². The molecule has 1 aliphatic heterocycles. The van der Waals surface area contributed by atoms with Crippen molar-refractivity contribution in [3.05, 3.63) is 56.3 Å². The van der Waals surface area contributed by atoms with Gasteiger partial charge < -0.3 is 10.1 Å². The highest BCUT2D eigenvalue weighted by Gasteiger charge is 2.39. The molecule has 0 bridgehead atoms. The second-order valence-corrected chi connectivity index (χ2v) is 7.71. The average Bonchev–Trinajstić information content (AvgIpc) is 2.55. The van der Waals surface area contributed by atoms with E-state index in [-0.39, 0.29) is 11.9 Å². The topological polar surface area (TPSA) is 55.4 Å². The molecule has 0 radical (unpaired) electrons. The molecule has 26 heavy (non-hydrogen) atoms. The molecular formula is C20H21Cl2NO3. The third-order valence-corrected chi connectivity index (χ3v) is 5.35. The molecular weight excluding hydrogens is 373 g/mol. The standard InChI is InChI=1S/C20H21Cl2NO3/c1-10(2)26-20(25)17-11(3)23-15-5-4-6-16(24)19(15)18(17)12-7-8-13(21)14(22)9-12/h7-10,18,23H,4-6H2,1-3H3/t18-/m0/s1. The zero-order valence-electron chi connectivity index (χ0n) is 15.0. The number of benzene rings is 1. The molecule has 0 saturated heterocycles. The van der Waals surface area contributed by atoms with Crippen LogP contribution < -0.4 is 5.32 Å². The molecule has 6 heteroatoms. The Bertz CT molecular complexity index is 839. The zero-order chi connectivity index (χ0) is 19.0. The Labute approximate surface area is 163 Å². The van der Waals surface area contributed by atoms with Crippen LogP contribution in [0.5, 0.6) is 0 Å². The van der Waals surface area contributed by atoms with Crippen molar-refractivity contribution in [3.8, 4) is 0 Å². The maximum absolute atomic E-state index is 12.8. The van der Waals surface area contributed by atoms with Crippen LogP contribution in [-0.4, -0.2) is 17.9 Å². The lowest BCUT2D eigenvalue weighted by atomic mass is 9.75. The SMILES string of the molecule is CC1=C(C(=O)OC(C)C)[C@H](c2ccc(Cl)c(Cl)c2)C2=C(CCCC2=O)N1. The van der Waals surface area contributed by atoms with Crippen molar-refractivity contribution in [1.29, 1.82) is 0 Å². The maximum atomic E-state index is 12.8. The van der Waals surface area contributed by atoms with Gasteiger partial charge in [-0.3, -0.25) is 4.79 Å². The van der Waals surface area contributed by atoms with Crippen molar-refractivity contribution < 1.29 is 14.3 Å². The summed E-state index contributed by atoms with van der Waals surface area (Å²) in [6, 6.07) is 5.23. The summed E-state index contributed by atoms with van der Waals surface area (Å²) in [7, 11) is 0. The molecule has 0 fully saturated rings. The number of ketones is 1. The van der Waals surface area contributed by atoms with Gasteiger partial charge in [0.05, 0.1) is 21.7 Å². The number of hydrogen-bond acceptors (Lipinski definition) is 4.